The van der Waals surface area contributed by atoms with E-state index in [0.717, 1.165) is 17.0 Å². The quantitative estimate of drug-likeness (QED) is 0.259. The molecule has 3 aromatic rings. The molecule has 0 aliphatic rings. The van der Waals surface area contributed by atoms with Gasteiger partial charge in [0.1, 0.15) is 11.5 Å². The molecule has 2 aromatic carbocycles. The number of nitrogens with zero attached hydrogens (tertiary/aromatic N) is 2. The number of anilines is 3. The van der Waals surface area contributed by atoms with E-state index < -0.39 is 18.3 Å². The molecule has 0 aliphatic carbocycles. The maximum atomic E-state index is 12.9. The number of phenolic OH excluding ortho intramolecular Hbond substituents is 1. The Balaban J connectivity index is 1.85. The van der Waals surface area contributed by atoms with Crippen LogP contribution in [0.2, 0.25) is 18.1 Å². The first-order valence-electron chi connectivity index (χ1n) is 11.6. The summed E-state index contributed by atoms with van der Waals surface area (Å²) in [5.41, 5.74) is 2.40. The second-order valence-electron chi connectivity index (χ2n) is 9.98. The zero-order valence-corrected chi connectivity index (χ0v) is 23.1. The maximum Gasteiger partial charge on any atom is 0.250 e. The largest absolute Gasteiger partial charge is 0.544 e. The molecule has 7 nitrogen and oxygen atoms in total. The number of nitrogens with one attached hydrogen (secondary N) is 1. The summed E-state index contributed by atoms with van der Waals surface area (Å²) in [6.45, 7) is 12.7. The fourth-order valence-corrected chi connectivity index (χ4v) is 5.30. The number of aromatic nitrogens is 1. The summed E-state index contributed by atoms with van der Waals surface area (Å²) in [4.78, 5) is 4.07. The van der Waals surface area contributed by atoms with Crippen LogP contribution in [0.1, 0.15) is 33.3 Å². The highest BCUT2D eigenvalue weighted by molar-refractivity contribution is 7.92. The summed E-state index contributed by atoms with van der Waals surface area (Å²) >= 11 is 0. The number of rotatable bonds is 9. The first kappa shape index (κ1) is 26.6. The molecule has 0 radical (unpaired) electrons. The molecule has 0 saturated heterocycles. The second kappa shape index (κ2) is 10.3. The maximum absolute atomic E-state index is 12.9. The molecule has 35 heavy (non-hydrogen) atoms. The third-order valence-corrected chi connectivity index (χ3v) is 12.4. The monoisotopic (exact) mass is 513 g/mol. The average Bonchev–Trinajstić information content (AvgIpc) is 2.80. The van der Waals surface area contributed by atoms with Gasteiger partial charge in [-0.05, 0) is 79.2 Å². The lowest BCUT2D eigenvalue weighted by molar-refractivity contribution is 0.475. The second-order valence-corrected chi connectivity index (χ2v) is 16.9. The number of aromatic hydroxyl groups is 1. The van der Waals surface area contributed by atoms with Gasteiger partial charge in [0.2, 0.25) is 18.3 Å². The van der Waals surface area contributed by atoms with Crippen LogP contribution in [-0.4, -0.2) is 32.6 Å². The number of pyridine rings is 1. The minimum absolute atomic E-state index is 0.0700. The molecule has 0 amide bonds. The Kier molecular flexibility index (Phi) is 7.81. The summed E-state index contributed by atoms with van der Waals surface area (Å²) in [6.07, 6.45) is 3.25. The van der Waals surface area contributed by atoms with Crippen molar-refractivity contribution in [1.29, 1.82) is 0 Å². The fourth-order valence-electron chi connectivity index (χ4n) is 3.17. The van der Waals surface area contributed by atoms with Crippen LogP contribution < -0.4 is 14.0 Å². The Morgan fingerprint density at radius 3 is 2.29 bits per heavy atom. The molecule has 0 atom stereocenters. The fraction of sp³-hybridized carbons (Fsp3) is 0.346. The van der Waals surface area contributed by atoms with Gasteiger partial charge in [0.25, 0.3) is 0 Å². The predicted octanol–water partition coefficient (Wildman–Crippen LogP) is 6.27. The standard InChI is InChI=1S/C26H35N3O4SSi/c1-7-34(31,32)29(19-20-9-8-16-27-18-20)24-17-22(12-15-25(24)30)28-21-10-13-23(14-11-21)33-35(5,6)26(2,3)4/h8-18,28,30H,7,19H2,1-6H3. The van der Waals surface area contributed by atoms with E-state index in [4.69, 9.17) is 4.43 Å². The van der Waals surface area contributed by atoms with Gasteiger partial charge < -0.3 is 14.8 Å². The summed E-state index contributed by atoms with van der Waals surface area (Å²) < 4.78 is 33.4. The van der Waals surface area contributed by atoms with Crippen LogP contribution in [0.3, 0.4) is 0 Å². The minimum Gasteiger partial charge on any atom is -0.544 e. The van der Waals surface area contributed by atoms with Crippen molar-refractivity contribution in [1.82, 2.24) is 4.98 Å². The van der Waals surface area contributed by atoms with E-state index in [2.05, 4.69) is 44.2 Å². The van der Waals surface area contributed by atoms with Gasteiger partial charge in [-0.15, -0.1) is 0 Å². The third-order valence-electron chi connectivity index (χ3n) is 6.32. The molecule has 0 aliphatic heterocycles. The van der Waals surface area contributed by atoms with Crippen LogP contribution in [0.15, 0.2) is 67.0 Å². The zero-order valence-electron chi connectivity index (χ0n) is 21.2. The first-order valence-corrected chi connectivity index (χ1v) is 16.1. The van der Waals surface area contributed by atoms with Crippen molar-refractivity contribution in [2.45, 2.75) is 52.4 Å². The lowest BCUT2D eigenvalue weighted by atomic mass is 10.2. The lowest BCUT2D eigenvalue weighted by Gasteiger charge is -2.36. The summed E-state index contributed by atoms with van der Waals surface area (Å²) in [5, 5.41) is 14.0. The Bertz CT molecular complexity index is 1240. The lowest BCUT2D eigenvalue weighted by Crippen LogP contribution is -2.43. The normalized spacial score (nSPS) is 12.3. The van der Waals surface area contributed by atoms with E-state index in [0.29, 0.717) is 5.69 Å². The van der Waals surface area contributed by atoms with E-state index >= 15 is 0 Å². The van der Waals surface area contributed by atoms with Crippen molar-refractivity contribution in [3.8, 4) is 11.5 Å². The van der Waals surface area contributed by atoms with Crippen LogP contribution >= 0.6 is 0 Å². The van der Waals surface area contributed by atoms with Gasteiger partial charge in [0.15, 0.2) is 0 Å². The van der Waals surface area contributed by atoms with Crippen LogP contribution in [0.5, 0.6) is 11.5 Å². The SMILES string of the molecule is CCS(=O)(=O)N(Cc1cccnc1)c1cc(Nc2ccc(O[Si](C)(C)C(C)(C)C)cc2)ccc1O. The van der Waals surface area contributed by atoms with E-state index in [1.54, 1.807) is 43.6 Å². The molecule has 188 valence electrons. The van der Waals surface area contributed by atoms with Crippen molar-refractivity contribution in [2.75, 3.05) is 15.4 Å². The first-order chi connectivity index (χ1) is 16.3. The topological polar surface area (TPSA) is 91.8 Å². The van der Waals surface area contributed by atoms with Crippen LogP contribution in [0, 0.1) is 0 Å². The number of sulfonamides is 1. The molecule has 3 rings (SSSR count). The molecule has 1 aromatic heterocycles. The highest BCUT2D eigenvalue weighted by Gasteiger charge is 2.38. The molecular formula is C26H35N3O4SSi. The van der Waals surface area contributed by atoms with Crippen molar-refractivity contribution < 1.29 is 18.0 Å². The molecule has 0 saturated carbocycles. The van der Waals surface area contributed by atoms with Crippen molar-refractivity contribution in [2.24, 2.45) is 0 Å². The van der Waals surface area contributed by atoms with Gasteiger partial charge in [-0.3, -0.25) is 9.29 Å². The van der Waals surface area contributed by atoms with Gasteiger partial charge in [-0.1, -0.05) is 26.8 Å². The third kappa shape index (κ3) is 6.55. The Hall–Kier alpha value is -3.04. The molecule has 1 heterocycles. The Labute approximate surface area is 210 Å². The molecule has 0 fully saturated rings. The smallest absolute Gasteiger partial charge is 0.250 e. The molecule has 0 spiro atoms. The van der Waals surface area contributed by atoms with Crippen LogP contribution in [0.4, 0.5) is 17.1 Å². The van der Waals surface area contributed by atoms with Crippen LogP contribution in [0.25, 0.3) is 0 Å². The Morgan fingerprint density at radius 2 is 1.71 bits per heavy atom. The summed E-state index contributed by atoms with van der Waals surface area (Å²) in [6, 6.07) is 16.1. The van der Waals surface area contributed by atoms with Gasteiger partial charge >= 0.3 is 0 Å². The van der Waals surface area contributed by atoms with E-state index in [1.807, 2.05) is 24.3 Å². The summed E-state index contributed by atoms with van der Waals surface area (Å²) in [7, 11) is -5.59. The molecule has 9 heteroatoms. The van der Waals surface area contributed by atoms with Crippen molar-refractivity contribution in [3.63, 3.8) is 0 Å². The summed E-state index contributed by atoms with van der Waals surface area (Å²) in [5.74, 6) is 0.611. The minimum atomic E-state index is -3.65. The van der Waals surface area contributed by atoms with Crippen LogP contribution in [-0.2, 0) is 16.6 Å². The highest BCUT2D eigenvalue weighted by atomic mass is 32.2. The van der Waals surface area contributed by atoms with Gasteiger partial charge in [0, 0.05) is 23.8 Å². The average molecular weight is 514 g/mol. The molecule has 2 N–H and O–H groups in total. The van der Waals surface area contributed by atoms with Crippen molar-refractivity contribution >= 4 is 35.4 Å². The molecular weight excluding hydrogens is 478 g/mol. The Morgan fingerprint density at radius 1 is 1.06 bits per heavy atom. The van der Waals surface area contributed by atoms with Gasteiger partial charge in [-0.2, -0.15) is 0 Å². The van der Waals surface area contributed by atoms with Gasteiger partial charge in [-0.25, -0.2) is 8.42 Å². The van der Waals surface area contributed by atoms with Crippen molar-refractivity contribution in [3.05, 3.63) is 72.6 Å². The van der Waals surface area contributed by atoms with E-state index in [-0.39, 0.29) is 28.8 Å². The number of benzene rings is 2. The zero-order chi connectivity index (χ0) is 25.9. The number of hydrogen-bond donors (Lipinski definition) is 2. The van der Waals surface area contributed by atoms with E-state index in [9.17, 15) is 13.5 Å². The predicted molar refractivity (Wildman–Crippen MR) is 146 cm³/mol. The van der Waals surface area contributed by atoms with E-state index in [1.165, 1.54) is 10.4 Å². The molecule has 0 unspecified atom stereocenters. The number of phenols is 1. The van der Waals surface area contributed by atoms with Gasteiger partial charge in [0.05, 0.1) is 18.0 Å². The number of hydrogen-bond acceptors (Lipinski definition) is 6. The molecule has 0 bridgehead atoms. The highest BCUT2D eigenvalue weighted by Crippen LogP contribution is 2.38.